The van der Waals surface area contributed by atoms with Gasteiger partial charge in [-0.15, -0.1) is 0 Å². The number of aliphatic hydroxyl groups excluding tert-OH is 1. The Morgan fingerprint density at radius 2 is 2.15 bits per heavy atom. The molecule has 3 N–H and O–H groups in total. The normalized spacial score (nSPS) is 19.1. The van der Waals surface area contributed by atoms with Crippen LogP contribution in [0.3, 0.4) is 0 Å². The van der Waals surface area contributed by atoms with Gasteiger partial charge in [-0.25, -0.2) is 0 Å². The third-order valence-corrected chi connectivity index (χ3v) is 6.07. The molecule has 0 aliphatic carbocycles. The van der Waals surface area contributed by atoms with Crippen molar-refractivity contribution in [2.45, 2.75) is 18.2 Å². The number of aromatic nitrogens is 1. The molecule has 0 radical (unpaired) electrons. The molecule has 0 saturated carbocycles. The van der Waals surface area contributed by atoms with Gasteiger partial charge in [-0.1, -0.05) is 6.58 Å². The Balaban J connectivity index is 1.92. The first-order chi connectivity index (χ1) is 12.3. The van der Waals surface area contributed by atoms with Gasteiger partial charge >= 0.3 is 0 Å². The molecular weight excluding hydrogens is 356 g/mol. The van der Waals surface area contributed by atoms with Crippen molar-refractivity contribution in [3.8, 4) is 0 Å². The lowest BCUT2D eigenvalue weighted by molar-refractivity contribution is -0.110. The van der Waals surface area contributed by atoms with E-state index in [0.717, 1.165) is 5.56 Å². The fourth-order valence-corrected chi connectivity index (χ4v) is 4.56. The van der Waals surface area contributed by atoms with Crippen LogP contribution in [0.5, 0.6) is 0 Å². The van der Waals surface area contributed by atoms with Crippen LogP contribution in [0.2, 0.25) is 0 Å². The average molecular weight is 372 g/mol. The fourth-order valence-electron chi connectivity index (χ4n) is 3.39. The molecular formula is C18H16N2O5S. The first-order valence-electron chi connectivity index (χ1n) is 7.94. The highest BCUT2D eigenvalue weighted by atomic mass is 32.2. The van der Waals surface area contributed by atoms with Crippen molar-refractivity contribution in [1.29, 1.82) is 0 Å². The monoisotopic (exact) mass is 372 g/mol. The maximum atomic E-state index is 12.5. The van der Waals surface area contributed by atoms with Crippen molar-refractivity contribution in [3.05, 3.63) is 52.9 Å². The molecule has 0 bridgehead atoms. The van der Waals surface area contributed by atoms with Gasteiger partial charge in [0.25, 0.3) is 16.0 Å². The van der Waals surface area contributed by atoms with E-state index in [2.05, 4.69) is 16.9 Å². The first kappa shape index (κ1) is 16.6. The Morgan fingerprint density at radius 1 is 1.38 bits per heavy atom. The molecule has 0 atom stereocenters. The lowest BCUT2D eigenvalue weighted by Gasteiger charge is -2.19. The number of aliphatic hydroxyl groups is 1. The second-order valence-electron chi connectivity index (χ2n) is 6.19. The van der Waals surface area contributed by atoms with E-state index in [4.69, 9.17) is 4.18 Å². The second kappa shape index (κ2) is 5.58. The van der Waals surface area contributed by atoms with Crippen LogP contribution in [0, 0.1) is 6.92 Å². The van der Waals surface area contributed by atoms with E-state index in [9.17, 15) is 18.3 Å². The van der Waals surface area contributed by atoms with Crippen molar-refractivity contribution >= 4 is 39.1 Å². The fraction of sp³-hybridized carbons (Fsp3) is 0.167. The predicted octanol–water partition coefficient (Wildman–Crippen LogP) is 2.61. The second-order valence-corrected chi connectivity index (χ2v) is 7.77. The number of nitrogens with one attached hydrogen (secondary N) is 2. The summed E-state index contributed by atoms with van der Waals surface area (Å²) in [6, 6.07) is 3.03. The number of fused-ring (bicyclic) bond motifs is 3. The number of amides is 1. The zero-order valence-electron chi connectivity index (χ0n) is 13.9. The van der Waals surface area contributed by atoms with E-state index in [1.165, 1.54) is 6.07 Å². The average Bonchev–Trinajstić information content (AvgIpc) is 3.08. The van der Waals surface area contributed by atoms with Gasteiger partial charge in [0, 0.05) is 28.7 Å². The minimum atomic E-state index is -3.81. The van der Waals surface area contributed by atoms with E-state index >= 15 is 0 Å². The van der Waals surface area contributed by atoms with Gasteiger partial charge in [-0.2, -0.15) is 8.42 Å². The summed E-state index contributed by atoms with van der Waals surface area (Å²) >= 11 is 0. The molecule has 2 aliphatic rings. The number of hydrogen-bond acceptors (Lipinski definition) is 5. The minimum absolute atomic E-state index is 0.0449. The molecule has 134 valence electrons. The zero-order chi connectivity index (χ0) is 18.6. The molecule has 3 heterocycles. The smallest absolute Gasteiger partial charge is 0.297 e. The summed E-state index contributed by atoms with van der Waals surface area (Å²) in [5, 5.41) is 12.4. The molecule has 4 rings (SSSR count). The number of carbonyl (C=O) groups excluding carboxylic acids is 1. The van der Waals surface area contributed by atoms with Crippen LogP contribution in [0.4, 0.5) is 5.69 Å². The number of carbonyl (C=O) groups is 1. The van der Waals surface area contributed by atoms with E-state index in [1.54, 1.807) is 25.3 Å². The molecule has 1 aromatic carbocycles. The third kappa shape index (κ3) is 2.38. The summed E-state index contributed by atoms with van der Waals surface area (Å²) in [4.78, 5) is 15.6. The molecule has 26 heavy (non-hydrogen) atoms. The number of aromatic amines is 1. The van der Waals surface area contributed by atoms with Crippen molar-refractivity contribution < 1.29 is 22.5 Å². The lowest BCUT2D eigenvalue weighted by Crippen LogP contribution is -2.19. The van der Waals surface area contributed by atoms with Crippen LogP contribution in [-0.2, 0) is 25.5 Å². The molecule has 7 nitrogen and oxygen atoms in total. The lowest BCUT2D eigenvalue weighted by atomic mass is 9.97. The maximum Gasteiger partial charge on any atom is 0.297 e. The van der Waals surface area contributed by atoms with E-state index in [0.29, 0.717) is 40.1 Å². The molecule has 0 fully saturated rings. The minimum Gasteiger partial charge on any atom is -0.508 e. The van der Waals surface area contributed by atoms with Crippen molar-refractivity contribution in [1.82, 2.24) is 4.98 Å². The SMILES string of the molecule is C=C(O)c1c[nH]c(/C=C2\C(=O)Nc3ccc4c(c32)CCOS4(=O)=O)c1C. The highest BCUT2D eigenvalue weighted by Gasteiger charge is 2.34. The van der Waals surface area contributed by atoms with Gasteiger partial charge in [0.2, 0.25) is 0 Å². The maximum absolute atomic E-state index is 12.5. The molecule has 2 aromatic rings. The standard InChI is InChI=1S/C18H16N2O5S/c1-9-13(10(2)21)8-19-15(9)7-12-17-11-5-6-25-26(23,24)16(11)4-3-14(17)20-18(12)22/h3-4,7-8,19,21H,2,5-6H2,1H3,(H,20,22)/b12-7-. The first-order valence-corrected chi connectivity index (χ1v) is 9.35. The highest BCUT2D eigenvalue weighted by molar-refractivity contribution is 7.86. The summed E-state index contributed by atoms with van der Waals surface area (Å²) in [6.07, 6.45) is 3.66. The molecule has 0 spiro atoms. The topological polar surface area (TPSA) is 108 Å². The van der Waals surface area contributed by atoms with Gasteiger partial charge < -0.3 is 15.4 Å². The molecule has 0 unspecified atom stereocenters. The van der Waals surface area contributed by atoms with E-state index in [-0.39, 0.29) is 23.2 Å². The van der Waals surface area contributed by atoms with Gasteiger partial charge in [0.15, 0.2) is 0 Å². The van der Waals surface area contributed by atoms with Crippen molar-refractivity contribution in [2.75, 3.05) is 11.9 Å². The third-order valence-electron chi connectivity index (χ3n) is 4.67. The number of H-pyrrole nitrogens is 1. The van der Waals surface area contributed by atoms with Crippen LogP contribution in [0.15, 0.2) is 29.8 Å². The number of benzene rings is 1. The molecule has 1 aromatic heterocycles. The van der Waals surface area contributed by atoms with Crippen molar-refractivity contribution in [3.63, 3.8) is 0 Å². The Kier molecular flexibility index (Phi) is 3.57. The summed E-state index contributed by atoms with van der Waals surface area (Å²) < 4.78 is 29.2. The van der Waals surface area contributed by atoms with Crippen LogP contribution < -0.4 is 5.32 Å². The van der Waals surface area contributed by atoms with Crippen LogP contribution in [-0.4, -0.2) is 31.0 Å². The van der Waals surface area contributed by atoms with Crippen LogP contribution >= 0.6 is 0 Å². The van der Waals surface area contributed by atoms with Crippen LogP contribution in [0.25, 0.3) is 17.4 Å². The van der Waals surface area contributed by atoms with Crippen LogP contribution in [0.1, 0.15) is 27.9 Å². The Morgan fingerprint density at radius 3 is 2.85 bits per heavy atom. The highest BCUT2D eigenvalue weighted by Crippen LogP contribution is 2.41. The Hall–Kier alpha value is -2.84. The summed E-state index contributed by atoms with van der Waals surface area (Å²) in [5.41, 5.74) is 4.04. The van der Waals surface area contributed by atoms with Gasteiger partial charge in [0.05, 0.1) is 17.1 Å². The van der Waals surface area contributed by atoms with Gasteiger partial charge in [0.1, 0.15) is 5.76 Å². The van der Waals surface area contributed by atoms with E-state index < -0.39 is 10.1 Å². The quantitative estimate of drug-likeness (QED) is 0.427. The van der Waals surface area contributed by atoms with E-state index in [1.807, 2.05) is 0 Å². The molecule has 0 saturated heterocycles. The number of hydrogen-bond donors (Lipinski definition) is 3. The van der Waals surface area contributed by atoms with Crippen molar-refractivity contribution in [2.24, 2.45) is 0 Å². The molecule has 8 heteroatoms. The summed E-state index contributed by atoms with van der Waals surface area (Å²) in [7, 11) is -3.81. The largest absolute Gasteiger partial charge is 0.508 e. The number of anilines is 1. The zero-order valence-corrected chi connectivity index (χ0v) is 14.7. The summed E-state index contributed by atoms with van der Waals surface area (Å²) in [6.45, 7) is 5.35. The summed E-state index contributed by atoms with van der Waals surface area (Å²) in [5.74, 6) is -0.379. The predicted molar refractivity (Wildman–Crippen MR) is 97.0 cm³/mol. The molecule has 2 aliphatic heterocycles. The number of rotatable bonds is 2. The molecule has 1 amide bonds. The Labute approximate surface area is 150 Å². The Bertz CT molecular complexity index is 1110. The van der Waals surface area contributed by atoms with Gasteiger partial charge in [-0.3, -0.25) is 8.98 Å². The van der Waals surface area contributed by atoms with Gasteiger partial charge in [-0.05, 0) is 42.7 Å².